The van der Waals surface area contributed by atoms with Gasteiger partial charge in [-0.3, -0.25) is 0 Å². The van der Waals surface area contributed by atoms with Crippen molar-refractivity contribution < 1.29 is 0 Å². The molecule has 0 aromatic heterocycles. The van der Waals surface area contributed by atoms with Crippen LogP contribution in [0.3, 0.4) is 0 Å². The van der Waals surface area contributed by atoms with E-state index in [1.807, 2.05) is 0 Å². The van der Waals surface area contributed by atoms with Crippen LogP contribution in [0.15, 0.2) is 0 Å². The average molecular weight is 166 g/mol. The lowest BCUT2D eigenvalue weighted by Gasteiger charge is -2.29. The molecule has 0 spiro atoms. The van der Waals surface area contributed by atoms with E-state index in [2.05, 4.69) is 10.6 Å². The number of hydrogen-bond donors (Lipinski definition) is 2. The molecule has 68 valence electrons. The van der Waals surface area contributed by atoms with Crippen molar-refractivity contribution in [2.45, 2.75) is 43.7 Å². The summed E-state index contributed by atoms with van der Waals surface area (Å²) in [4.78, 5) is 0. The Morgan fingerprint density at radius 3 is 2.75 bits per heavy atom. The molecule has 12 heavy (non-hydrogen) atoms. The van der Waals surface area contributed by atoms with Crippen LogP contribution in [0.4, 0.5) is 0 Å². The predicted octanol–water partition coefficient (Wildman–Crippen LogP) is 0.881. The van der Waals surface area contributed by atoms with Gasteiger partial charge < -0.3 is 10.6 Å². The van der Waals surface area contributed by atoms with E-state index in [1.54, 1.807) is 0 Å². The summed E-state index contributed by atoms with van der Waals surface area (Å²) >= 11 is 0. The Kier molecular flexibility index (Phi) is 1.50. The van der Waals surface area contributed by atoms with Gasteiger partial charge in [-0.25, -0.2) is 0 Å². The molecule has 3 aliphatic rings. The van der Waals surface area contributed by atoms with E-state index in [4.69, 9.17) is 0 Å². The molecule has 3 unspecified atom stereocenters. The summed E-state index contributed by atoms with van der Waals surface area (Å²) < 4.78 is 0. The zero-order valence-electron chi connectivity index (χ0n) is 7.60. The van der Waals surface area contributed by atoms with E-state index < -0.39 is 0 Å². The largest absolute Gasteiger partial charge is 0.312 e. The molecule has 2 N–H and O–H groups in total. The van der Waals surface area contributed by atoms with Crippen molar-refractivity contribution in [3.8, 4) is 0 Å². The first-order chi connectivity index (χ1) is 5.92. The van der Waals surface area contributed by atoms with Gasteiger partial charge in [-0.15, -0.1) is 0 Å². The monoisotopic (exact) mass is 166 g/mol. The highest BCUT2D eigenvalue weighted by molar-refractivity contribution is 5.19. The second kappa shape index (κ2) is 2.46. The van der Waals surface area contributed by atoms with Gasteiger partial charge in [-0.1, -0.05) is 0 Å². The number of nitrogens with one attached hydrogen (secondary N) is 2. The third-order valence-electron chi connectivity index (χ3n) is 4.02. The van der Waals surface area contributed by atoms with Gasteiger partial charge in [0.25, 0.3) is 0 Å². The third-order valence-corrected chi connectivity index (χ3v) is 4.02. The Bertz CT molecular complexity index is 186. The van der Waals surface area contributed by atoms with Crippen LogP contribution in [0.1, 0.15) is 32.1 Å². The van der Waals surface area contributed by atoms with Crippen LogP contribution in [0.2, 0.25) is 0 Å². The molecule has 2 heterocycles. The maximum atomic E-state index is 3.75. The molecule has 1 saturated carbocycles. The quantitative estimate of drug-likeness (QED) is 0.604. The Morgan fingerprint density at radius 1 is 1.08 bits per heavy atom. The molecule has 0 radical (unpaired) electrons. The predicted molar refractivity (Wildman–Crippen MR) is 49.1 cm³/mol. The lowest BCUT2D eigenvalue weighted by atomic mass is 9.96. The molecule has 2 nitrogen and oxygen atoms in total. The maximum absolute atomic E-state index is 3.75. The number of piperidine rings is 1. The lowest BCUT2D eigenvalue weighted by Crippen LogP contribution is -2.51. The van der Waals surface area contributed by atoms with Gasteiger partial charge in [0.1, 0.15) is 0 Å². The number of rotatable bonds is 1. The first-order valence-electron chi connectivity index (χ1n) is 5.40. The third kappa shape index (κ3) is 0.882. The van der Waals surface area contributed by atoms with Gasteiger partial charge in [0.05, 0.1) is 0 Å². The van der Waals surface area contributed by atoms with Gasteiger partial charge in [-0.05, 0) is 51.1 Å². The van der Waals surface area contributed by atoms with Crippen LogP contribution in [0.5, 0.6) is 0 Å². The SMILES string of the molecule is C1CNC2(C3CCCN3)CC2C1. The van der Waals surface area contributed by atoms with Crippen LogP contribution in [0.25, 0.3) is 0 Å². The molecule has 3 atom stereocenters. The Morgan fingerprint density at radius 2 is 2.00 bits per heavy atom. The van der Waals surface area contributed by atoms with E-state index in [9.17, 15) is 0 Å². The van der Waals surface area contributed by atoms with Gasteiger partial charge >= 0.3 is 0 Å². The molecule has 2 heteroatoms. The van der Waals surface area contributed by atoms with E-state index in [0.29, 0.717) is 5.54 Å². The highest BCUT2D eigenvalue weighted by Gasteiger charge is 2.59. The average Bonchev–Trinajstić information content (AvgIpc) is 2.59. The second-order valence-electron chi connectivity index (χ2n) is 4.66. The van der Waals surface area contributed by atoms with Gasteiger partial charge in [-0.2, -0.15) is 0 Å². The van der Waals surface area contributed by atoms with E-state index in [1.165, 1.54) is 45.2 Å². The summed E-state index contributed by atoms with van der Waals surface area (Å²) in [7, 11) is 0. The van der Waals surface area contributed by atoms with Crippen LogP contribution < -0.4 is 10.6 Å². The lowest BCUT2D eigenvalue weighted by molar-refractivity contribution is 0.313. The Labute approximate surface area is 74.1 Å². The minimum absolute atomic E-state index is 0.564. The van der Waals surface area contributed by atoms with Crippen LogP contribution in [-0.2, 0) is 0 Å². The first-order valence-corrected chi connectivity index (χ1v) is 5.40. The Hall–Kier alpha value is -0.0800. The minimum Gasteiger partial charge on any atom is -0.312 e. The van der Waals surface area contributed by atoms with Gasteiger partial charge in [0.2, 0.25) is 0 Å². The molecule has 3 rings (SSSR count). The fourth-order valence-corrected chi connectivity index (χ4v) is 3.27. The van der Waals surface area contributed by atoms with Crippen LogP contribution in [-0.4, -0.2) is 24.7 Å². The summed E-state index contributed by atoms with van der Waals surface area (Å²) in [5.41, 5.74) is 0.564. The van der Waals surface area contributed by atoms with Crippen molar-refractivity contribution in [1.82, 2.24) is 10.6 Å². The highest BCUT2D eigenvalue weighted by atomic mass is 15.1. The summed E-state index contributed by atoms with van der Waals surface area (Å²) in [6.07, 6.45) is 7.12. The van der Waals surface area contributed by atoms with Gasteiger partial charge in [0.15, 0.2) is 0 Å². The summed E-state index contributed by atoms with van der Waals surface area (Å²) in [5, 5.41) is 7.39. The molecule has 1 aliphatic carbocycles. The van der Waals surface area contributed by atoms with E-state index >= 15 is 0 Å². The molecular formula is C10H18N2. The standard InChI is InChI=1S/C10H18N2/c1-3-8-7-10(8,12-6-1)9-4-2-5-11-9/h8-9,11-12H,1-7H2. The van der Waals surface area contributed by atoms with Crippen molar-refractivity contribution in [1.29, 1.82) is 0 Å². The van der Waals surface area contributed by atoms with Crippen molar-refractivity contribution >= 4 is 0 Å². The van der Waals surface area contributed by atoms with Crippen LogP contribution >= 0.6 is 0 Å². The fraction of sp³-hybridized carbons (Fsp3) is 1.00. The van der Waals surface area contributed by atoms with E-state index in [0.717, 1.165) is 12.0 Å². The Balaban J connectivity index is 1.74. The molecule has 2 saturated heterocycles. The molecule has 0 bridgehead atoms. The van der Waals surface area contributed by atoms with Crippen molar-refractivity contribution in [3.05, 3.63) is 0 Å². The zero-order valence-corrected chi connectivity index (χ0v) is 7.60. The smallest absolute Gasteiger partial charge is 0.0367 e. The van der Waals surface area contributed by atoms with Crippen molar-refractivity contribution in [3.63, 3.8) is 0 Å². The molecule has 0 aromatic rings. The van der Waals surface area contributed by atoms with Crippen molar-refractivity contribution in [2.24, 2.45) is 5.92 Å². The molecule has 0 amide bonds. The second-order valence-corrected chi connectivity index (χ2v) is 4.66. The number of hydrogen-bond acceptors (Lipinski definition) is 2. The van der Waals surface area contributed by atoms with Crippen molar-refractivity contribution in [2.75, 3.05) is 13.1 Å². The highest BCUT2D eigenvalue weighted by Crippen LogP contribution is 2.52. The van der Waals surface area contributed by atoms with Gasteiger partial charge in [0, 0.05) is 11.6 Å². The normalized spacial score (nSPS) is 52.0. The fourth-order valence-electron chi connectivity index (χ4n) is 3.27. The first kappa shape index (κ1) is 7.34. The summed E-state index contributed by atoms with van der Waals surface area (Å²) in [6, 6.07) is 0.808. The summed E-state index contributed by atoms with van der Waals surface area (Å²) in [5.74, 6) is 1.02. The van der Waals surface area contributed by atoms with Crippen LogP contribution in [0, 0.1) is 5.92 Å². The maximum Gasteiger partial charge on any atom is 0.0367 e. The molecule has 2 aliphatic heterocycles. The topological polar surface area (TPSA) is 24.1 Å². The summed E-state index contributed by atoms with van der Waals surface area (Å²) in [6.45, 7) is 2.51. The minimum atomic E-state index is 0.564. The molecule has 3 fully saturated rings. The molecular weight excluding hydrogens is 148 g/mol. The molecule has 0 aromatic carbocycles. The zero-order chi connectivity index (χ0) is 8.02. The number of fused-ring (bicyclic) bond motifs is 1. The van der Waals surface area contributed by atoms with E-state index in [-0.39, 0.29) is 0 Å².